The molecule has 0 aliphatic carbocycles. The van der Waals surface area contributed by atoms with Crippen LogP contribution in [0.1, 0.15) is 0 Å². The zero-order valence-electron chi connectivity index (χ0n) is 21.5. The maximum atomic E-state index is 6.64. The monoisotopic (exact) mass is 609 g/mol. The third-order valence-electron chi connectivity index (χ3n) is 7.47. The average molecular weight is 609 g/mol. The second kappa shape index (κ2) is 7.90. The maximum Gasteiger partial charge on any atom is 0.460 e. The molecule has 4 aliphatic heterocycles. The van der Waals surface area contributed by atoms with Gasteiger partial charge in [-0.25, -0.2) is 0 Å². The number of hydrogen-bond donors (Lipinski definition) is 0. The van der Waals surface area contributed by atoms with Gasteiger partial charge in [0.05, 0.1) is 16.2 Å². The molecule has 0 N–H and O–H groups in total. The lowest BCUT2D eigenvalue weighted by Gasteiger charge is -2.37. The molecule has 0 radical (unpaired) electrons. The second-order valence-corrected chi connectivity index (χ2v) is 16.3. The maximum absolute atomic E-state index is 6.64. The van der Waals surface area contributed by atoms with Gasteiger partial charge >= 0.3 is 23.0 Å². The van der Waals surface area contributed by atoms with Gasteiger partial charge in [0.1, 0.15) is 34.5 Å². The van der Waals surface area contributed by atoms with Crippen molar-refractivity contribution in [3.05, 3.63) is 109 Å². The van der Waals surface area contributed by atoms with Gasteiger partial charge in [-0.2, -0.15) is 0 Å². The first-order valence-corrected chi connectivity index (χ1v) is 17.8. The van der Waals surface area contributed by atoms with E-state index in [2.05, 4.69) is 0 Å². The summed E-state index contributed by atoms with van der Waals surface area (Å²) in [5.74, 6) is 3.62. The summed E-state index contributed by atoms with van der Waals surface area (Å²) < 4.78 is 55.0. The molecule has 0 amide bonds. The predicted molar refractivity (Wildman–Crippen MR) is 164 cm³/mol. The van der Waals surface area contributed by atoms with Crippen molar-refractivity contribution < 1.29 is 27.1 Å². The fraction of sp³-hybridized carbons (Fsp3) is 0. The molecule has 4 heterocycles. The van der Waals surface area contributed by atoms with Gasteiger partial charge in [-0.05, 0) is 52.6 Å². The number of rotatable bonds is 0. The summed E-state index contributed by atoms with van der Waals surface area (Å²) in [6, 6.07) is 35.0. The van der Waals surface area contributed by atoms with Gasteiger partial charge < -0.3 is 27.1 Å². The minimum Gasteiger partial charge on any atom is -0.413 e. The van der Waals surface area contributed by atoms with E-state index in [1.54, 1.807) is 0 Å². The smallest absolute Gasteiger partial charge is 0.413 e. The zero-order valence-corrected chi connectivity index (χ0v) is 24.2. The van der Waals surface area contributed by atoms with Crippen molar-refractivity contribution in [1.29, 1.82) is 0 Å². The Balaban J connectivity index is 1.26. The summed E-state index contributed by atoms with van der Waals surface area (Å²) in [7, 11) is -10.7. The fourth-order valence-electron chi connectivity index (χ4n) is 5.80. The first-order chi connectivity index (χ1) is 20.6. The van der Waals surface area contributed by atoms with Crippen molar-refractivity contribution in [3.8, 4) is 34.5 Å². The van der Waals surface area contributed by atoms with Crippen LogP contribution in [0.25, 0.3) is 32.3 Å². The van der Waals surface area contributed by atoms with E-state index >= 15 is 0 Å². The number of hydrogen-bond acceptors (Lipinski definition) is 9. The SMILES string of the molecule is c1cc2c3c(cccc3c1)OP1(=NP3(=NP4(=N1)Oc1cccc5cccc(c15)O4)Oc1cccc4cccc(c14)O3)O2. The molecule has 10 rings (SSSR count). The highest BCUT2D eigenvalue weighted by molar-refractivity contribution is 7.79. The zero-order chi connectivity index (χ0) is 27.5. The Hall–Kier alpha value is -4.41. The van der Waals surface area contributed by atoms with Crippen molar-refractivity contribution in [2.45, 2.75) is 0 Å². The molecule has 0 saturated heterocycles. The van der Waals surface area contributed by atoms with Gasteiger partial charge in [-0.15, -0.1) is 0 Å². The highest BCUT2D eigenvalue weighted by Gasteiger charge is 2.52. The highest BCUT2D eigenvalue weighted by atomic mass is 31.3. The van der Waals surface area contributed by atoms with E-state index in [4.69, 9.17) is 40.7 Å². The first kappa shape index (κ1) is 23.2. The molecular weight excluding hydrogens is 591 g/mol. The Morgan fingerprint density at radius 2 is 0.524 bits per heavy atom. The molecule has 9 nitrogen and oxygen atoms in total. The lowest BCUT2D eigenvalue weighted by Crippen LogP contribution is -2.15. The van der Waals surface area contributed by atoms with Crippen LogP contribution in [0.5, 0.6) is 34.5 Å². The Labute approximate surface area is 239 Å². The minimum atomic E-state index is -3.57. The van der Waals surface area contributed by atoms with Gasteiger partial charge in [-0.3, -0.25) is 0 Å². The van der Waals surface area contributed by atoms with E-state index in [9.17, 15) is 0 Å². The predicted octanol–water partition coefficient (Wildman–Crippen LogP) is 10.7. The van der Waals surface area contributed by atoms with Crippen LogP contribution in [0.4, 0.5) is 0 Å². The van der Waals surface area contributed by atoms with Gasteiger partial charge in [0.15, 0.2) is 0 Å². The van der Waals surface area contributed by atoms with Gasteiger partial charge in [-0.1, -0.05) is 86.3 Å². The van der Waals surface area contributed by atoms with E-state index in [-0.39, 0.29) is 0 Å². The second-order valence-electron chi connectivity index (χ2n) is 10.1. The molecule has 4 aliphatic rings. The molecule has 6 aromatic rings. The molecule has 0 aromatic heterocycles. The molecule has 204 valence electrons. The summed E-state index contributed by atoms with van der Waals surface area (Å²) in [5.41, 5.74) is 0. The molecule has 0 saturated carbocycles. The van der Waals surface area contributed by atoms with E-state index in [1.807, 2.05) is 109 Å². The van der Waals surface area contributed by atoms with Crippen LogP contribution in [0.15, 0.2) is 123 Å². The largest absolute Gasteiger partial charge is 0.460 e. The lowest BCUT2D eigenvalue weighted by atomic mass is 10.1. The summed E-state index contributed by atoms with van der Waals surface area (Å²) >= 11 is 0. The lowest BCUT2D eigenvalue weighted by molar-refractivity contribution is 0.432. The summed E-state index contributed by atoms with van der Waals surface area (Å²) in [4.78, 5) is 0. The van der Waals surface area contributed by atoms with Crippen molar-refractivity contribution in [3.63, 3.8) is 0 Å². The third kappa shape index (κ3) is 3.19. The van der Waals surface area contributed by atoms with E-state index < -0.39 is 23.0 Å². The molecule has 12 heteroatoms. The summed E-state index contributed by atoms with van der Waals surface area (Å²) in [6.07, 6.45) is 0. The fourth-order valence-corrected chi connectivity index (χ4v) is 14.9. The Morgan fingerprint density at radius 1 is 0.310 bits per heavy atom. The standard InChI is InChI=1S/C30H18N3O6P3/c1-7-19-8-2-14-23-28(19)22(13-1)34-40(35-23)31-41(36-24-15-3-9-20-10-4-16-25(37-41)29(20)24)33-42(32-40)38-26-17-5-11-21-12-6-18-27(39-42)30(21)26/h1-18H. The topological polar surface area (TPSA) is 92.5 Å². The molecule has 0 fully saturated rings. The van der Waals surface area contributed by atoms with Crippen LogP contribution < -0.4 is 27.1 Å². The molecule has 6 aromatic carbocycles. The van der Waals surface area contributed by atoms with Crippen LogP contribution in [0.2, 0.25) is 0 Å². The minimum absolute atomic E-state index is 0.604. The van der Waals surface area contributed by atoms with Crippen LogP contribution in [0.3, 0.4) is 0 Å². The van der Waals surface area contributed by atoms with Crippen molar-refractivity contribution >= 4 is 55.3 Å². The van der Waals surface area contributed by atoms with Crippen LogP contribution in [0, 0.1) is 0 Å². The molecule has 0 unspecified atom stereocenters. The van der Waals surface area contributed by atoms with Crippen molar-refractivity contribution in [1.82, 2.24) is 0 Å². The van der Waals surface area contributed by atoms with Crippen LogP contribution in [-0.4, -0.2) is 0 Å². The average Bonchev–Trinajstić information content (AvgIpc) is 2.97. The number of nitrogens with zero attached hydrogens (tertiary/aromatic N) is 3. The normalized spacial score (nSPS) is 18.9. The van der Waals surface area contributed by atoms with Crippen molar-refractivity contribution in [2.24, 2.45) is 13.5 Å². The quantitative estimate of drug-likeness (QED) is 0.159. The highest BCUT2D eigenvalue weighted by Crippen LogP contribution is 2.81. The Kier molecular flexibility index (Phi) is 4.36. The van der Waals surface area contributed by atoms with Crippen LogP contribution in [-0.2, 0) is 0 Å². The molecule has 42 heavy (non-hydrogen) atoms. The van der Waals surface area contributed by atoms with Crippen molar-refractivity contribution in [2.75, 3.05) is 0 Å². The Bertz CT molecular complexity index is 1980. The van der Waals surface area contributed by atoms with Gasteiger partial charge in [0, 0.05) is 0 Å². The summed E-state index contributed by atoms with van der Waals surface area (Å²) in [5, 5.41) is 5.49. The molecule has 0 atom stereocenters. The van der Waals surface area contributed by atoms with E-state index in [1.165, 1.54) is 0 Å². The van der Waals surface area contributed by atoms with Gasteiger partial charge in [0.25, 0.3) is 0 Å². The van der Waals surface area contributed by atoms with E-state index in [0.29, 0.717) is 34.5 Å². The first-order valence-electron chi connectivity index (χ1n) is 13.2. The molecule has 0 bridgehead atoms. The Morgan fingerprint density at radius 3 is 0.738 bits per heavy atom. The number of benzene rings is 6. The molecule has 3 spiro atoms. The third-order valence-corrected chi connectivity index (χ3v) is 15.5. The summed E-state index contributed by atoms with van der Waals surface area (Å²) in [6.45, 7) is 0. The molecular formula is C30H18N3O6P3. The van der Waals surface area contributed by atoms with E-state index in [0.717, 1.165) is 32.3 Å². The van der Waals surface area contributed by atoms with Crippen LogP contribution >= 0.6 is 23.0 Å². The van der Waals surface area contributed by atoms with Gasteiger partial charge in [0.2, 0.25) is 0 Å².